The van der Waals surface area contributed by atoms with Gasteiger partial charge in [0.25, 0.3) is 5.91 Å². The van der Waals surface area contributed by atoms with E-state index in [0.29, 0.717) is 12.0 Å². The number of hydrogen-bond donors (Lipinski definition) is 1. The van der Waals surface area contributed by atoms with Crippen molar-refractivity contribution >= 4 is 11.6 Å². The molecule has 1 amide bonds. The number of carbonyl (C=O) groups is 1. The Balaban J connectivity index is 2.28. The lowest BCUT2D eigenvalue weighted by Gasteiger charge is -2.25. The smallest absolute Gasteiger partial charge is 0.256 e. The van der Waals surface area contributed by atoms with Gasteiger partial charge in [0.15, 0.2) is 0 Å². The highest BCUT2D eigenvalue weighted by Gasteiger charge is 2.34. The molecule has 0 unspecified atom stereocenters. The van der Waals surface area contributed by atoms with E-state index in [1.807, 2.05) is 32.2 Å². The maximum absolute atomic E-state index is 12.8. The van der Waals surface area contributed by atoms with Crippen LogP contribution < -0.4 is 5.32 Å². The molecule has 0 aliphatic heterocycles. The van der Waals surface area contributed by atoms with Gasteiger partial charge in [-0.05, 0) is 37.8 Å². The summed E-state index contributed by atoms with van der Waals surface area (Å²) in [5.41, 5.74) is 2.85. The summed E-state index contributed by atoms with van der Waals surface area (Å²) >= 11 is 0. The highest BCUT2D eigenvalue weighted by molar-refractivity contribution is 6.00. The summed E-state index contributed by atoms with van der Waals surface area (Å²) in [5.74, 6) is 0.677. The van der Waals surface area contributed by atoms with Crippen LogP contribution in [-0.2, 0) is 0 Å². The third kappa shape index (κ3) is 3.28. The molecule has 3 heteroatoms. The van der Waals surface area contributed by atoms with Crippen LogP contribution in [0.2, 0.25) is 0 Å². The molecule has 1 aromatic carbocycles. The second kappa shape index (κ2) is 5.64. The van der Waals surface area contributed by atoms with Crippen molar-refractivity contribution < 1.29 is 4.79 Å². The van der Waals surface area contributed by atoms with Crippen molar-refractivity contribution in [2.45, 2.75) is 39.7 Å². The molecule has 0 spiro atoms. The topological polar surface area (TPSA) is 32.3 Å². The SMILES string of the molecule is CNc1ccc(C)cc1C(=O)N(CC(C)C)C1CC1. The molecule has 0 saturated heterocycles. The van der Waals surface area contributed by atoms with Gasteiger partial charge >= 0.3 is 0 Å². The molecule has 0 atom stereocenters. The molecule has 1 aliphatic carbocycles. The quantitative estimate of drug-likeness (QED) is 0.881. The molecule has 2 rings (SSSR count). The second-order valence-electron chi connectivity index (χ2n) is 5.88. The Kier molecular flexibility index (Phi) is 4.13. The summed E-state index contributed by atoms with van der Waals surface area (Å²) in [6.07, 6.45) is 2.30. The molecule has 0 aromatic heterocycles. The molecular weight excluding hydrogens is 236 g/mol. The van der Waals surface area contributed by atoms with Crippen LogP contribution in [0.3, 0.4) is 0 Å². The van der Waals surface area contributed by atoms with Crippen molar-refractivity contribution in [3.05, 3.63) is 29.3 Å². The third-order valence-corrected chi connectivity index (χ3v) is 3.49. The van der Waals surface area contributed by atoms with Crippen molar-refractivity contribution in [3.8, 4) is 0 Å². The van der Waals surface area contributed by atoms with Gasteiger partial charge in [0.05, 0.1) is 5.56 Å². The first-order chi connectivity index (χ1) is 9.02. The Hall–Kier alpha value is -1.51. The lowest BCUT2D eigenvalue weighted by molar-refractivity contribution is 0.0723. The summed E-state index contributed by atoms with van der Waals surface area (Å²) in [6, 6.07) is 6.47. The number of amides is 1. The minimum atomic E-state index is 0.171. The van der Waals surface area contributed by atoms with Crippen molar-refractivity contribution in [3.63, 3.8) is 0 Å². The normalized spacial score (nSPS) is 14.6. The molecule has 0 bridgehead atoms. The van der Waals surface area contributed by atoms with E-state index in [2.05, 4.69) is 24.1 Å². The van der Waals surface area contributed by atoms with E-state index >= 15 is 0 Å². The minimum absolute atomic E-state index is 0.171. The summed E-state index contributed by atoms with van der Waals surface area (Å²) < 4.78 is 0. The van der Waals surface area contributed by atoms with Crippen molar-refractivity contribution in [2.24, 2.45) is 5.92 Å². The number of rotatable bonds is 5. The van der Waals surface area contributed by atoms with Gasteiger partial charge in [-0.15, -0.1) is 0 Å². The van der Waals surface area contributed by atoms with E-state index in [0.717, 1.165) is 36.2 Å². The Morgan fingerprint density at radius 1 is 1.42 bits per heavy atom. The maximum atomic E-state index is 12.8. The van der Waals surface area contributed by atoms with Crippen LogP contribution in [0.5, 0.6) is 0 Å². The molecule has 0 radical (unpaired) electrons. The van der Waals surface area contributed by atoms with Gasteiger partial charge in [-0.1, -0.05) is 25.5 Å². The highest BCUT2D eigenvalue weighted by Crippen LogP contribution is 2.30. The number of nitrogens with one attached hydrogen (secondary N) is 1. The van der Waals surface area contributed by atoms with Gasteiger partial charge in [0.2, 0.25) is 0 Å². The first-order valence-corrected chi connectivity index (χ1v) is 7.12. The van der Waals surface area contributed by atoms with Gasteiger partial charge in [-0.25, -0.2) is 0 Å². The molecule has 1 aromatic rings. The lowest BCUT2D eigenvalue weighted by atomic mass is 10.1. The molecular formula is C16H24N2O. The largest absolute Gasteiger partial charge is 0.387 e. The molecule has 19 heavy (non-hydrogen) atoms. The van der Waals surface area contributed by atoms with E-state index in [9.17, 15) is 4.79 Å². The summed E-state index contributed by atoms with van der Waals surface area (Å²) in [6.45, 7) is 7.20. The molecule has 1 N–H and O–H groups in total. The second-order valence-corrected chi connectivity index (χ2v) is 5.88. The van der Waals surface area contributed by atoms with E-state index < -0.39 is 0 Å². The van der Waals surface area contributed by atoms with E-state index in [1.165, 1.54) is 0 Å². The average molecular weight is 260 g/mol. The maximum Gasteiger partial charge on any atom is 0.256 e. The highest BCUT2D eigenvalue weighted by atomic mass is 16.2. The van der Waals surface area contributed by atoms with Crippen LogP contribution >= 0.6 is 0 Å². The predicted octanol–water partition coefficient (Wildman–Crippen LogP) is 3.30. The van der Waals surface area contributed by atoms with Crippen LogP contribution in [0.4, 0.5) is 5.69 Å². The summed E-state index contributed by atoms with van der Waals surface area (Å²) in [7, 11) is 1.87. The van der Waals surface area contributed by atoms with Crippen molar-refractivity contribution in [1.82, 2.24) is 4.90 Å². The number of benzene rings is 1. The number of carbonyl (C=O) groups excluding carboxylic acids is 1. The standard InChI is InChI=1S/C16H24N2O/c1-11(2)10-18(13-6-7-13)16(19)14-9-12(3)5-8-15(14)17-4/h5,8-9,11,13,17H,6-7,10H2,1-4H3. The molecule has 1 saturated carbocycles. The monoisotopic (exact) mass is 260 g/mol. The third-order valence-electron chi connectivity index (χ3n) is 3.49. The zero-order valence-corrected chi connectivity index (χ0v) is 12.4. The first kappa shape index (κ1) is 13.9. The number of anilines is 1. The number of hydrogen-bond acceptors (Lipinski definition) is 2. The Morgan fingerprint density at radius 3 is 2.63 bits per heavy atom. The van der Waals surface area contributed by atoms with Gasteiger partial charge in [-0.2, -0.15) is 0 Å². The van der Waals surface area contributed by atoms with Crippen LogP contribution in [-0.4, -0.2) is 30.4 Å². The van der Waals surface area contributed by atoms with Crippen LogP contribution in [0.15, 0.2) is 18.2 Å². The lowest BCUT2D eigenvalue weighted by Crippen LogP contribution is -2.36. The Bertz CT molecular complexity index is 464. The fourth-order valence-electron chi connectivity index (χ4n) is 2.39. The fourth-order valence-corrected chi connectivity index (χ4v) is 2.39. The molecule has 1 fully saturated rings. The Labute approximate surface area is 116 Å². The molecule has 104 valence electrons. The molecule has 0 heterocycles. The number of aryl methyl sites for hydroxylation is 1. The van der Waals surface area contributed by atoms with Crippen LogP contribution in [0, 0.1) is 12.8 Å². The molecule has 3 nitrogen and oxygen atoms in total. The van der Waals surface area contributed by atoms with Crippen LogP contribution in [0.25, 0.3) is 0 Å². The first-order valence-electron chi connectivity index (χ1n) is 7.12. The zero-order valence-electron chi connectivity index (χ0n) is 12.4. The predicted molar refractivity (Wildman–Crippen MR) is 79.6 cm³/mol. The van der Waals surface area contributed by atoms with E-state index in [4.69, 9.17) is 0 Å². The van der Waals surface area contributed by atoms with Gasteiger partial charge in [0, 0.05) is 25.3 Å². The van der Waals surface area contributed by atoms with Crippen molar-refractivity contribution in [1.29, 1.82) is 0 Å². The van der Waals surface area contributed by atoms with Crippen molar-refractivity contribution in [2.75, 3.05) is 18.9 Å². The fraction of sp³-hybridized carbons (Fsp3) is 0.562. The van der Waals surface area contributed by atoms with E-state index in [-0.39, 0.29) is 5.91 Å². The van der Waals surface area contributed by atoms with Crippen LogP contribution in [0.1, 0.15) is 42.6 Å². The van der Waals surface area contributed by atoms with Gasteiger partial charge in [0.1, 0.15) is 0 Å². The number of nitrogens with zero attached hydrogens (tertiary/aromatic N) is 1. The van der Waals surface area contributed by atoms with E-state index in [1.54, 1.807) is 0 Å². The van der Waals surface area contributed by atoms with Gasteiger partial charge in [-0.3, -0.25) is 4.79 Å². The Morgan fingerprint density at radius 2 is 2.11 bits per heavy atom. The minimum Gasteiger partial charge on any atom is -0.387 e. The molecule has 1 aliphatic rings. The zero-order chi connectivity index (χ0) is 14.0. The summed E-state index contributed by atoms with van der Waals surface area (Å²) in [5, 5.41) is 3.12. The summed E-state index contributed by atoms with van der Waals surface area (Å²) in [4.78, 5) is 14.8. The van der Waals surface area contributed by atoms with Gasteiger partial charge < -0.3 is 10.2 Å². The average Bonchev–Trinajstić information content (AvgIpc) is 3.19.